The summed E-state index contributed by atoms with van der Waals surface area (Å²) < 4.78 is 30.0. The van der Waals surface area contributed by atoms with E-state index in [1.807, 2.05) is 48.9 Å². The normalized spacial score (nSPS) is 16.2. The molecule has 0 unspecified atom stereocenters. The summed E-state index contributed by atoms with van der Waals surface area (Å²) in [7, 11) is -3.59. The van der Waals surface area contributed by atoms with Gasteiger partial charge >= 0.3 is 0 Å². The van der Waals surface area contributed by atoms with Crippen LogP contribution >= 0.6 is 0 Å². The molecule has 1 aromatic carbocycles. The first-order valence-electron chi connectivity index (χ1n) is 9.01. The van der Waals surface area contributed by atoms with Gasteiger partial charge < -0.3 is 0 Å². The van der Waals surface area contributed by atoms with Crippen LogP contribution in [0.5, 0.6) is 0 Å². The average Bonchev–Trinajstić information content (AvgIpc) is 3.22. The van der Waals surface area contributed by atoms with Crippen molar-refractivity contribution in [3.05, 3.63) is 47.8 Å². The Bertz CT molecular complexity index is 806. The molecular formula is C19H27N3O2S. The lowest BCUT2D eigenvalue weighted by Gasteiger charge is -2.25. The van der Waals surface area contributed by atoms with Gasteiger partial charge in [0.15, 0.2) is 0 Å². The van der Waals surface area contributed by atoms with Crippen molar-refractivity contribution < 1.29 is 8.42 Å². The van der Waals surface area contributed by atoms with Gasteiger partial charge in [0.05, 0.1) is 11.7 Å². The Balaban J connectivity index is 1.92. The molecule has 0 aliphatic heterocycles. The molecule has 5 nitrogen and oxygen atoms in total. The fourth-order valence-electron chi connectivity index (χ4n) is 3.51. The highest BCUT2D eigenvalue weighted by Crippen LogP contribution is 2.31. The van der Waals surface area contributed by atoms with Gasteiger partial charge in [0.2, 0.25) is 10.0 Å². The number of aromatic nitrogens is 2. The third kappa shape index (κ3) is 3.80. The molecule has 6 heteroatoms. The summed E-state index contributed by atoms with van der Waals surface area (Å²) in [6.07, 6.45) is 6.29. The maximum absolute atomic E-state index is 13.3. The third-order valence-corrected chi connectivity index (χ3v) is 7.04. The first-order chi connectivity index (χ1) is 11.9. The molecule has 2 aromatic rings. The lowest BCUT2D eigenvalue weighted by molar-refractivity contribution is 0.348. The predicted molar refractivity (Wildman–Crippen MR) is 98.8 cm³/mol. The van der Waals surface area contributed by atoms with Crippen LogP contribution in [0.15, 0.2) is 41.4 Å². The second-order valence-electron chi connectivity index (χ2n) is 7.13. The minimum atomic E-state index is -3.59. The molecule has 0 N–H and O–H groups in total. The Kier molecular flexibility index (Phi) is 5.29. The van der Waals surface area contributed by atoms with Crippen molar-refractivity contribution in [3.8, 4) is 0 Å². The smallest absolute Gasteiger partial charge is 0.247 e. The molecule has 136 valence electrons. The molecule has 1 aliphatic carbocycles. The number of hydrogen-bond donors (Lipinski definition) is 0. The highest BCUT2D eigenvalue weighted by atomic mass is 32.2. The van der Waals surface area contributed by atoms with Crippen molar-refractivity contribution >= 4 is 10.0 Å². The molecule has 0 bridgehead atoms. The molecule has 3 rings (SSSR count). The maximum Gasteiger partial charge on any atom is 0.247 e. The minimum Gasteiger partial charge on any atom is -0.268 e. The van der Waals surface area contributed by atoms with E-state index in [1.54, 1.807) is 17.4 Å². The molecule has 0 saturated heterocycles. The second-order valence-corrected chi connectivity index (χ2v) is 8.99. The number of hydrogen-bond acceptors (Lipinski definition) is 3. The van der Waals surface area contributed by atoms with Crippen LogP contribution in [-0.2, 0) is 16.6 Å². The summed E-state index contributed by atoms with van der Waals surface area (Å²) in [4.78, 5) is 0.337. The molecule has 0 amide bonds. The topological polar surface area (TPSA) is 55.2 Å². The van der Waals surface area contributed by atoms with E-state index in [-0.39, 0.29) is 6.04 Å². The Morgan fingerprint density at radius 1 is 1.20 bits per heavy atom. The molecule has 0 atom stereocenters. The summed E-state index contributed by atoms with van der Waals surface area (Å²) in [5, 5.41) is 4.52. The summed E-state index contributed by atoms with van der Waals surface area (Å²) >= 11 is 0. The van der Waals surface area contributed by atoms with Gasteiger partial charge in [0.1, 0.15) is 4.90 Å². The first-order valence-corrected chi connectivity index (χ1v) is 10.4. The molecule has 1 heterocycles. The summed E-state index contributed by atoms with van der Waals surface area (Å²) in [6.45, 7) is 5.99. The van der Waals surface area contributed by atoms with Crippen LogP contribution in [0.25, 0.3) is 0 Å². The fourth-order valence-corrected chi connectivity index (χ4v) is 5.29. The zero-order chi connectivity index (χ0) is 18.0. The van der Waals surface area contributed by atoms with E-state index in [4.69, 9.17) is 0 Å². The molecule has 1 aliphatic rings. The largest absolute Gasteiger partial charge is 0.268 e. The van der Waals surface area contributed by atoms with Crippen LogP contribution in [0, 0.1) is 6.92 Å². The van der Waals surface area contributed by atoms with Gasteiger partial charge in [-0.1, -0.05) is 43.2 Å². The summed E-state index contributed by atoms with van der Waals surface area (Å²) in [6, 6.07) is 9.93. The number of benzene rings is 1. The lowest BCUT2D eigenvalue weighted by atomic mass is 10.2. The number of sulfonamides is 1. The van der Waals surface area contributed by atoms with Gasteiger partial charge in [-0.3, -0.25) is 4.68 Å². The second kappa shape index (κ2) is 7.30. The van der Waals surface area contributed by atoms with E-state index in [9.17, 15) is 8.42 Å². The monoisotopic (exact) mass is 361 g/mol. The Morgan fingerprint density at radius 2 is 1.84 bits per heavy atom. The van der Waals surface area contributed by atoms with Gasteiger partial charge in [-0.2, -0.15) is 9.40 Å². The third-order valence-electron chi connectivity index (χ3n) is 4.91. The van der Waals surface area contributed by atoms with Crippen molar-refractivity contribution in [1.29, 1.82) is 0 Å². The van der Waals surface area contributed by atoms with Crippen LogP contribution < -0.4 is 0 Å². The highest BCUT2D eigenvalue weighted by Gasteiger charge is 2.31. The molecule has 25 heavy (non-hydrogen) atoms. The van der Waals surface area contributed by atoms with Gasteiger partial charge in [0, 0.05) is 18.8 Å². The maximum atomic E-state index is 13.3. The SMILES string of the molecule is Cc1nn(C2CCCC2)cc1S(=O)(=O)N(Cc1ccccc1)C(C)C. The quantitative estimate of drug-likeness (QED) is 0.784. The standard InChI is InChI=1S/C19H27N3O2S/c1-15(2)22(13-17-9-5-4-6-10-17)25(23,24)19-14-21(20-16(19)3)18-11-7-8-12-18/h4-6,9-10,14-15,18H,7-8,11-13H2,1-3H3. The minimum absolute atomic E-state index is 0.126. The zero-order valence-electron chi connectivity index (χ0n) is 15.2. The Labute approximate surface area is 150 Å². The fraction of sp³-hybridized carbons (Fsp3) is 0.526. The zero-order valence-corrected chi connectivity index (χ0v) is 16.0. The number of nitrogens with zero attached hydrogens (tertiary/aromatic N) is 3. The molecular weight excluding hydrogens is 334 g/mol. The Morgan fingerprint density at radius 3 is 2.44 bits per heavy atom. The number of aryl methyl sites for hydroxylation is 1. The van der Waals surface area contributed by atoms with Gasteiger partial charge in [-0.25, -0.2) is 8.42 Å². The molecule has 1 saturated carbocycles. The van der Waals surface area contributed by atoms with Gasteiger partial charge in [0.25, 0.3) is 0 Å². The van der Waals surface area contributed by atoms with Gasteiger partial charge in [-0.05, 0) is 39.2 Å². The average molecular weight is 362 g/mol. The molecule has 1 aromatic heterocycles. The van der Waals surface area contributed by atoms with Crippen LogP contribution in [0.3, 0.4) is 0 Å². The van der Waals surface area contributed by atoms with Crippen molar-refractivity contribution in [2.45, 2.75) is 70.0 Å². The molecule has 0 spiro atoms. The van der Waals surface area contributed by atoms with E-state index in [0.717, 1.165) is 18.4 Å². The van der Waals surface area contributed by atoms with Crippen LogP contribution in [0.1, 0.15) is 56.8 Å². The Hall–Kier alpha value is -1.66. The van der Waals surface area contributed by atoms with Crippen LogP contribution in [0.4, 0.5) is 0 Å². The van der Waals surface area contributed by atoms with Crippen molar-refractivity contribution in [2.75, 3.05) is 0 Å². The van der Waals surface area contributed by atoms with E-state index in [0.29, 0.717) is 23.2 Å². The van der Waals surface area contributed by atoms with E-state index in [2.05, 4.69) is 5.10 Å². The number of rotatable bonds is 6. The predicted octanol–water partition coefficient (Wildman–Crippen LogP) is 3.91. The lowest BCUT2D eigenvalue weighted by Crippen LogP contribution is -2.36. The van der Waals surface area contributed by atoms with Crippen molar-refractivity contribution in [2.24, 2.45) is 0 Å². The molecule has 0 radical (unpaired) electrons. The van der Waals surface area contributed by atoms with E-state index in [1.165, 1.54) is 12.8 Å². The van der Waals surface area contributed by atoms with E-state index >= 15 is 0 Å². The summed E-state index contributed by atoms with van der Waals surface area (Å²) in [5.74, 6) is 0. The van der Waals surface area contributed by atoms with Gasteiger partial charge in [-0.15, -0.1) is 0 Å². The molecule has 1 fully saturated rings. The summed E-state index contributed by atoms with van der Waals surface area (Å²) in [5.41, 5.74) is 1.58. The first kappa shape index (κ1) is 18.1. The van der Waals surface area contributed by atoms with E-state index < -0.39 is 10.0 Å². The van der Waals surface area contributed by atoms with Crippen molar-refractivity contribution in [3.63, 3.8) is 0 Å². The van der Waals surface area contributed by atoms with Crippen molar-refractivity contribution in [1.82, 2.24) is 14.1 Å². The van der Waals surface area contributed by atoms with Crippen LogP contribution in [0.2, 0.25) is 0 Å². The highest BCUT2D eigenvalue weighted by molar-refractivity contribution is 7.89. The van der Waals surface area contributed by atoms with Crippen LogP contribution in [-0.4, -0.2) is 28.5 Å².